The van der Waals surface area contributed by atoms with E-state index in [4.69, 9.17) is 10.00 Å². The number of carbonyl (C=O) groups excluding carboxylic acids is 1. The van der Waals surface area contributed by atoms with Crippen LogP contribution in [0.4, 0.5) is 0 Å². The first-order chi connectivity index (χ1) is 13.2. The zero-order chi connectivity index (χ0) is 19.1. The Morgan fingerprint density at radius 2 is 1.81 bits per heavy atom. The summed E-state index contributed by atoms with van der Waals surface area (Å²) in [5.74, 6) is 0.324. The first-order valence-electron chi connectivity index (χ1n) is 9.56. The van der Waals surface area contributed by atoms with Crippen LogP contribution in [0.25, 0.3) is 11.1 Å². The SMILES string of the molecule is COC(=O)CC1CCCN(CCc2ccc(-c3ccc(C#N)cc3)cc2)C1. The summed E-state index contributed by atoms with van der Waals surface area (Å²) >= 11 is 0. The smallest absolute Gasteiger partial charge is 0.305 e. The van der Waals surface area contributed by atoms with E-state index in [2.05, 4.69) is 35.2 Å². The molecule has 0 bridgehead atoms. The van der Waals surface area contributed by atoms with Crippen molar-refractivity contribution < 1.29 is 9.53 Å². The average molecular weight is 362 g/mol. The lowest BCUT2D eigenvalue weighted by Crippen LogP contribution is -2.37. The third kappa shape index (κ3) is 5.42. The minimum atomic E-state index is -0.0970. The van der Waals surface area contributed by atoms with Crippen molar-refractivity contribution in [2.45, 2.75) is 25.7 Å². The van der Waals surface area contributed by atoms with Crippen molar-refractivity contribution >= 4 is 5.97 Å². The number of nitriles is 1. The van der Waals surface area contributed by atoms with E-state index in [0.29, 0.717) is 17.9 Å². The van der Waals surface area contributed by atoms with Crippen molar-refractivity contribution in [3.05, 3.63) is 59.7 Å². The van der Waals surface area contributed by atoms with Gasteiger partial charge in [0.1, 0.15) is 0 Å². The number of ether oxygens (including phenoxy) is 1. The maximum absolute atomic E-state index is 11.5. The summed E-state index contributed by atoms with van der Waals surface area (Å²) < 4.78 is 4.80. The van der Waals surface area contributed by atoms with Gasteiger partial charge in [-0.1, -0.05) is 36.4 Å². The van der Waals surface area contributed by atoms with E-state index < -0.39 is 0 Å². The number of esters is 1. The van der Waals surface area contributed by atoms with Gasteiger partial charge in [0.05, 0.1) is 18.7 Å². The average Bonchev–Trinajstić information content (AvgIpc) is 2.73. The molecule has 2 aromatic rings. The van der Waals surface area contributed by atoms with Gasteiger partial charge in [-0.3, -0.25) is 4.79 Å². The molecule has 140 valence electrons. The van der Waals surface area contributed by atoms with Crippen molar-refractivity contribution in [2.24, 2.45) is 5.92 Å². The monoisotopic (exact) mass is 362 g/mol. The zero-order valence-electron chi connectivity index (χ0n) is 15.9. The molecule has 1 fully saturated rings. The zero-order valence-corrected chi connectivity index (χ0v) is 15.9. The molecule has 1 aliphatic heterocycles. The second-order valence-electron chi connectivity index (χ2n) is 7.23. The van der Waals surface area contributed by atoms with Gasteiger partial charge in [-0.15, -0.1) is 0 Å². The summed E-state index contributed by atoms with van der Waals surface area (Å²) in [4.78, 5) is 14.0. The fourth-order valence-electron chi connectivity index (χ4n) is 3.73. The lowest BCUT2D eigenvalue weighted by molar-refractivity contribution is -0.142. The van der Waals surface area contributed by atoms with E-state index in [9.17, 15) is 4.79 Å². The Morgan fingerprint density at radius 3 is 2.44 bits per heavy atom. The number of methoxy groups -OCH3 is 1. The first kappa shape index (κ1) is 19.1. The Kier molecular flexibility index (Phi) is 6.62. The van der Waals surface area contributed by atoms with Crippen LogP contribution < -0.4 is 0 Å². The molecule has 0 spiro atoms. The number of hydrogen-bond acceptors (Lipinski definition) is 4. The number of nitrogens with zero attached hydrogens (tertiary/aromatic N) is 2. The Labute approximate surface area is 161 Å². The summed E-state index contributed by atoms with van der Waals surface area (Å²) in [7, 11) is 1.46. The summed E-state index contributed by atoms with van der Waals surface area (Å²) in [5.41, 5.74) is 4.30. The number of piperidine rings is 1. The van der Waals surface area contributed by atoms with Crippen molar-refractivity contribution in [2.75, 3.05) is 26.7 Å². The highest BCUT2D eigenvalue weighted by atomic mass is 16.5. The van der Waals surface area contributed by atoms with Crippen LogP contribution in [0.2, 0.25) is 0 Å². The fourth-order valence-corrected chi connectivity index (χ4v) is 3.73. The van der Waals surface area contributed by atoms with Gasteiger partial charge in [0, 0.05) is 19.5 Å². The van der Waals surface area contributed by atoms with Crippen LogP contribution in [-0.2, 0) is 16.0 Å². The molecule has 0 aromatic heterocycles. The molecule has 1 unspecified atom stereocenters. The van der Waals surface area contributed by atoms with E-state index in [0.717, 1.165) is 44.5 Å². The fraction of sp³-hybridized carbons (Fsp3) is 0.391. The normalized spacial score (nSPS) is 17.3. The summed E-state index contributed by atoms with van der Waals surface area (Å²) in [5, 5.41) is 8.90. The Hall–Kier alpha value is -2.64. The third-order valence-corrected chi connectivity index (χ3v) is 5.30. The lowest BCUT2D eigenvalue weighted by Gasteiger charge is -2.32. The summed E-state index contributed by atoms with van der Waals surface area (Å²) in [6.45, 7) is 3.12. The topological polar surface area (TPSA) is 53.3 Å². The second kappa shape index (κ2) is 9.34. The lowest BCUT2D eigenvalue weighted by atomic mass is 9.94. The number of hydrogen-bond donors (Lipinski definition) is 0. The van der Waals surface area contributed by atoms with Crippen LogP contribution >= 0.6 is 0 Å². The van der Waals surface area contributed by atoms with Gasteiger partial charge in [0.25, 0.3) is 0 Å². The standard InChI is InChI=1S/C23H26N2O2/c1-27-23(26)15-20-3-2-13-25(17-20)14-12-18-4-8-21(9-5-18)22-10-6-19(16-24)7-11-22/h4-11,20H,2-3,12-15,17H2,1H3. The molecule has 3 rings (SSSR count). The molecule has 0 amide bonds. The molecule has 2 aromatic carbocycles. The highest BCUT2D eigenvalue weighted by Crippen LogP contribution is 2.22. The van der Waals surface area contributed by atoms with E-state index in [1.54, 1.807) is 0 Å². The van der Waals surface area contributed by atoms with Crippen LogP contribution in [0.5, 0.6) is 0 Å². The summed E-state index contributed by atoms with van der Waals surface area (Å²) in [6, 6.07) is 18.5. The van der Waals surface area contributed by atoms with Crippen LogP contribution in [0.3, 0.4) is 0 Å². The Bertz CT molecular complexity index is 791. The molecular weight excluding hydrogens is 336 g/mol. The van der Waals surface area contributed by atoms with Gasteiger partial charge in [-0.2, -0.15) is 5.26 Å². The second-order valence-corrected chi connectivity index (χ2v) is 7.23. The van der Waals surface area contributed by atoms with Crippen molar-refractivity contribution in [1.29, 1.82) is 5.26 Å². The minimum absolute atomic E-state index is 0.0970. The third-order valence-electron chi connectivity index (χ3n) is 5.30. The molecule has 27 heavy (non-hydrogen) atoms. The number of carbonyl (C=O) groups is 1. The van der Waals surface area contributed by atoms with Crippen LogP contribution in [0, 0.1) is 17.2 Å². The molecular formula is C23H26N2O2. The van der Waals surface area contributed by atoms with Gasteiger partial charge in [0.2, 0.25) is 0 Å². The van der Waals surface area contributed by atoms with Gasteiger partial charge < -0.3 is 9.64 Å². The Balaban J connectivity index is 1.52. The molecule has 0 saturated carbocycles. The molecule has 4 nitrogen and oxygen atoms in total. The van der Waals surface area contributed by atoms with E-state index in [-0.39, 0.29) is 5.97 Å². The van der Waals surface area contributed by atoms with Crippen molar-refractivity contribution in [1.82, 2.24) is 4.90 Å². The number of rotatable bonds is 6. The number of benzene rings is 2. The molecule has 1 atom stereocenters. The molecule has 1 aliphatic rings. The van der Waals surface area contributed by atoms with Gasteiger partial charge >= 0.3 is 5.97 Å². The summed E-state index contributed by atoms with van der Waals surface area (Å²) in [6.07, 6.45) is 3.81. The van der Waals surface area contributed by atoms with Gasteiger partial charge in [-0.05, 0) is 60.5 Å². The minimum Gasteiger partial charge on any atom is -0.469 e. The van der Waals surface area contributed by atoms with Gasteiger partial charge in [-0.25, -0.2) is 0 Å². The van der Waals surface area contributed by atoms with Crippen molar-refractivity contribution in [3.8, 4) is 17.2 Å². The van der Waals surface area contributed by atoms with E-state index in [1.165, 1.54) is 18.2 Å². The number of likely N-dealkylation sites (tertiary alicyclic amines) is 1. The van der Waals surface area contributed by atoms with Crippen LogP contribution in [0.1, 0.15) is 30.4 Å². The van der Waals surface area contributed by atoms with Crippen LogP contribution in [0.15, 0.2) is 48.5 Å². The maximum atomic E-state index is 11.5. The molecule has 0 aliphatic carbocycles. The van der Waals surface area contributed by atoms with Gasteiger partial charge in [0.15, 0.2) is 0 Å². The van der Waals surface area contributed by atoms with E-state index in [1.807, 2.05) is 24.3 Å². The maximum Gasteiger partial charge on any atom is 0.305 e. The van der Waals surface area contributed by atoms with E-state index >= 15 is 0 Å². The molecule has 0 N–H and O–H groups in total. The highest BCUT2D eigenvalue weighted by Gasteiger charge is 2.22. The van der Waals surface area contributed by atoms with Crippen LogP contribution in [-0.4, -0.2) is 37.6 Å². The predicted molar refractivity (Wildman–Crippen MR) is 106 cm³/mol. The highest BCUT2D eigenvalue weighted by molar-refractivity contribution is 5.69. The first-order valence-corrected chi connectivity index (χ1v) is 9.56. The molecule has 1 heterocycles. The molecule has 0 radical (unpaired) electrons. The molecule has 1 saturated heterocycles. The Morgan fingerprint density at radius 1 is 1.15 bits per heavy atom. The predicted octanol–water partition coefficient (Wildman–Crippen LogP) is 4.04. The largest absolute Gasteiger partial charge is 0.469 e. The molecule has 4 heteroatoms. The van der Waals surface area contributed by atoms with Crippen molar-refractivity contribution in [3.63, 3.8) is 0 Å². The quantitative estimate of drug-likeness (QED) is 0.728.